The van der Waals surface area contributed by atoms with Gasteiger partial charge in [-0.15, -0.1) is 0 Å². The third kappa shape index (κ3) is 1.84. The van der Waals surface area contributed by atoms with Crippen LogP contribution in [0.5, 0.6) is 0 Å². The van der Waals surface area contributed by atoms with Crippen LogP contribution in [0.4, 0.5) is 5.69 Å². The minimum atomic E-state index is 0.371. The van der Waals surface area contributed by atoms with Crippen LogP contribution in [0.3, 0.4) is 0 Å². The van der Waals surface area contributed by atoms with E-state index in [1.165, 1.54) is 0 Å². The largest absolute Gasteiger partial charge is 0.411 e. The number of fused-ring (bicyclic) bond motifs is 1. The molecule has 0 spiro atoms. The second-order valence-electron chi connectivity index (χ2n) is 3.75. The van der Waals surface area contributed by atoms with Gasteiger partial charge in [0.05, 0.1) is 11.8 Å². The van der Waals surface area contributed by atoms with E-state index in [0.29, 0.717) is 12.3 Å². The minimum absolute atomic E-state index is 0.371. The Morgan fingerprint density at radius 1 is 1.44 bits per heavy atom. The fourth-order valence-corrected chi connectivity index (χ4v) is 2.04. The maximum atomic E-state index is 8.98. The van der Waals surface area contributed by atoms with E-state index in [9.17, 15) is 0 Å². The molecule has 0 saturated carbocycles. The second-order valence-corrected chi connectivity index (χ2v) is 3.75. The van der Waals surface area contributed by atoms with E-state index >= 15 is 0 Å². The monoisotopic (exact) mass is 215 g/mol. The average Bonchev–Trinajstić information content (AvgIpc) is 2.50. The normalized spacial score (nSPS) is 17.7. The molecule has 0 amide bonds. The first-order valence-corrected chi connectivity index (χ1v) is 5.29. The molecule has 0 unspecified atom stereocenters. The van der Waals surface area contributed by atoms with Crippen molar-refractivity contribution < 1.29 is 5.21 Å². The smallest absolute Gasteiger partial charge is 0.105 e. The lowest BCUT2D eigenvalue weighted by molar-refractivity contribution is 0.318. The number of oxime groups is 1. The molecule has 1 aromatic carbocycles. The first kappa shape index (κ1) is 10.5. The molecule has 16 heavy (non-hydrogen) atoms. The fourth-order valence-electron chi connectivity index (χ4n) is 2.04. The number of hydrogen-bond acceptors (Lipinski definition) is 4. The lowest BCUT2D eigenvalue weighted by Crippen LogP contribution is -2.24. The first-order valence-electron chi connectivity index (χ1n) is 5.29. The molecule has 1 heterocycles. The van der Waals surface area contributed by atoms with E-state index in [0.717, 1.165) is 30.6 Å². The standard InChI is InChI=1S/C12H13N3O/c13-7-9-15-8-3-5-11(14-16)10-4-1-2-6-12(10)15/h1-2,4,6,16H,3,5,8-9H2/b14-11-. The third-order valence-corrected chi connectivity index (χ3v) is 2.78. The molecule has 0 atom stereocenters. The summed E-state index contributed by atoms with van der Waals surface area (Å²) >= 11 is 0. The zero-order chi connectivity index (χ0) is 11.4. The Labute approximate surface area is 94.4 Å². The van der Waals surface area contributed by atoms with Crippen molar-refractivity contribution in [2.75, 3.05) is 18.0 Å². The zero-order valence-corrected chi connectivity index (χ0v) is 8.93. The molecule has 82 valence electrons. The molecule has 1 N–H and O–H groups in total. The van der Waals surface area contributed by atoms with Crippen LogP contribution in [-0.4, -0.2) is 24.0 Å². The van der Waals surface area contributed by atoms with E-state index in [-0.39, 0.29) is 0 Å². The van der Waals surface area contributed by atoms with Crippen molar-refractivity contribution in [3.63, 3.8) is 0 Å². The summed E-state index contributed by atoms with van der Waals surface area (Å²) in [4.78, 5) is 2.02. The number of para-hydroxylation sites is 1. The molecule has 0 aromatic heterocycles. The maximum absolute atomic E-state index is 8.98. The predicted molar refractivity (Wildman–Crippen MR) is 61.8 cm³/mol. The van der Waals surface area contributed by atoms with Gasteiger partial charge in [-0.05, 0) is 18.9 Å². The predicted octanol–water partition coefficient (Wildman–Crippen LogP) is 1.99. The summed E-state index contributed by atoms with van der Waals surface area (Å²) in [6.45, 7) is 1.19. The Bertz CT molecular complexity index is 448. The van der Waals surface area contributed by atoms with Gasteiger partial charge in [-0.2, -0.15) is 5.26 Å². The summed E-state index contributed by atoms with van der Waals surface area (Å²) in [6, 6.07) is 9.91. The average molecular weight is 215 g/mol. The molecule has 1 aliphatic rings. The van der Waals surface area contributed by atoms with Crippen molar-refractivity contribution in [2.24, 2.45) is 5.16 Å². The number of nitrogens with zero attached hydrogens (tertiary/aromatic N) is 3. The van der Waals surface area contributed by atoms with Gasteiger partial charge in [-0.3, -0.25) is 0 Å². The summed E-state index contributed by atoms with van der Waals surface area (Å²) in [5.41, 5.74) is 2.61. The second kappa shape index (κ2) is 4.67. The Morgan fingerprint density at radius 2 is 2.25 bits per heavy atom. The van der Waals surface area contributed by atoms with Gasteiger partial charge in [0.25, 0.3) is 0 Å². The maximum Gasteiger partial charge on any atom is 0.105 e. The highest BCUT2D eigenvalue weighted by atomic mass is 16.4. The van der Waals surface area contributed by atoms with Crippen molar-refractivity contribution in [1.82, 2.24) is 0 Å². The van der Waals surface area contributed by atoms with Gasteiger partial charge in [-0.1, -0.05) is 23.4 Å². The molecule has 0 aliphatic carbocycles. The van der Waals surface area contributed by atoms with E-state index in [1.54, 1.807) is 0 Å². The van der Waals surface area contributed by atoms with Crippen molar-refractivity contribution in [3.05, 3.63) is 29.8 Å². The van der Waals surface area contributed by atoms with E-state index in [4.69, 9.17) is 10.5 Å². The topological polar surface area (TPSA) is 59.6 Å². The van der Waals surface area contributed by atoms with Crippen LogP contribution in [0, 0.1) is 11.3 Å². The molecule has 0 saturated heterocycles. The molecular weight excluding hydrogens is 202 g/mol. The summed E-state index contributed by atoms with van der Waals surface area (Å²) in [6.07, 6.45) is 1.64. The van der Waals surface area contributed by atoms with Gasteiger partial charge in [0.2, 0.25) is 0 Å². The van der Waals surface area contributed by atoms with E-state index in [2.05, 4.69) is 11.2 Å². The van der Waals surface area contributed by atoms with Crippen molar-refractivity contribution in [3.8, 4) is 6.07 Å². The molecule has 4 nitrogen and oxygen atoms in total. The van der Waals surface area contributed by atoms with E-state index in [1.807, 2.05) is 29.2 Å². The van der Waals surface area contributed by atoms with Gasteiger partial charge >= 0.3 is 0 Å². The van der Waals surface area contributed by atoms with Crippen LogP contribution >= 0.6 is 0 Å². The van der Waals surface area contributed by atoms with Gasteiger partial charge in [0.15, 0.2) is 0 Å². The lowest BCUT2D eigenvalue weighted by atomic mass is 10.1. The van der Waals surface area contributed by atoms with Gasteiger partial charge in [-0.25, -0.2) is 0 Å². The highest BCUT2D eigenvalue weighted by Crippen LogP contribution is 2.26. The van der Waals surface area contributed by atoms with E-state index < -0.39 is 0 Å². The van der Waals surface area contributed by atoms with Crippen molar-refractivity contribution >= 4 is 11.4 Å². The van der Waals surface area contributed by atoms with Crippen molar-refractivity contribution in [2.45, 2.75) is 12.8 Å². The molecule has 1 aliphatic heterocycles. The Hall–Kier alpha value is -2.02. The third-order valence-electron chi connectivity index (χ3n) is 2.78. The molecule has 0 bridgehead atoms. The quantitative estimate of drug-likeness (QED) is 0.442. The number of hydrogen-bond donors (Lipinski definition) is 1. The van der Waals surface area contributed by atoms with Crippen LogP contribution in [0.1, 0.15) is 18.4 Å². The van der Waals surface area contributed by atoms with Crippen molar-refractivity contribution in [1.29, 1.82) is 5.26 Å². The summed E-state index contributed by atoms with van der Waals surface area (Å²) in [7, 11) is 0. The Morgan fingerprint density at radius 3 is 3.00 bits per heavy atom. The Balaban J connectivity index is 2.47. The molecule has 2 rings (SSSR count). The summed E-state index contributed by atoms with van der Waals surface area (Å²) in [5.74, 6) is 0. The van der Waals surface area contributed by atoms with Crippen LogP contribution in [0.25, 0.3) is 0 Å². The highest BCUT2D eigenvalue weighted by Gasteiger charge is 2.18. The first-order chi connectivity index (χ1) is 7.86. The van der Waals surface area contributed by atoms with Crippen LogP contribution in [0.15, 0.2) is 29.4 Å². The minimum Gasteiger partial charge on any atom is -0.411 e. The number of nitriles is 1. The number of rotatable bonds is 1. The Kier molecular flexibility index (Phi) is 3.06. The molecular formula is C12H13N3O. The van der Waals surface area contributed by atoms with Crippen LogP contribution in [0.2, 0.25) is 0 Å². The van der Waals surface area contributed by atoms with Gasteiger partial charge < -0.3 is 10.1 Å². The number of benzene rings is 1. The SMILES string of the molecule is N#CCN1CCC/C(=N/O)c2ccccc21. The highest BCUT2D eigenvalue weighted by molar-refractivity contribution is 6.05. The zero-order valence-electron chi connectivity index (χ0n) is 8.93. The molecule has 0 radical (unpaired) electrons. The van der Waals surface area contributed by atoms with Crippen LogP contribution < -0.4 is 4.90 Å². The summed E-state index contributed by atoms with van der Waals surface area (Å²) in [5, 5.41) is 21.1. The van der Waals surface area contributed by atoms with Gasteiger partial charge in [0.1, 0.15) is 6.54 Å². The lowest BCUT2D eigenvalue weighted by Gasteiger charge is -2.21. The van der Waals surface area contributed by atoms with Gasteiger partial charge in [0, 0.05) is 17.8 Å². The fraction of sp³-hybridized carbons (Fsp3) is 0.333. The number of anilines is 1. The molecule has 4 heteroatoms. The summed E-state index contributed by atoms with van der Waals surface area (Å²) < 4.78 is 0. The molecule has 1 aromatic rings. The van der Waals surface area contributed by atoms with Crippen LogP contribution in [-0.2, 0) is 0 Å². The molecule has 0 fully saturated rings.